The van der Waals surface area contributed by atoms with E-state index in [-0.39, 0.29) is 0 Å². The van der Waals surface area contributed by atoms with Crippen LogP contribution in [0.5, 0.6) is 5.88 Å². The molecular formula is C12H21N3O2. The molecule has 0 saturated carbocycles. The summed E-state index contributed by atoms with van der Waals surface area (Å²) in [6.45, 7) is 9.85. The summed E-state index contributed by atoms with van der Waals surface area (Å²) in [7, 11) is 0. The Morgan fingerprint density at radius 3 is 2.65 bits per heavy atom. The van der Waals surface area contributed by atoms with Crippen molar-refractivity contribution in [1.82, 2.24) is 9.97 Å². The van der Waals surface area contributed by atoms with Crippen LogP contribution < -0.4 is 10.1 Å². The van der Waals surface area contributed by atoms with Crippen molar-refractivity contribution in [1.29, 1.82) is 0 Å². The third kappa shape index (κ3) is 3.85. The molecule has 0 aliphatic carbocycles. The van der Waals surface area contributed by atoms with E-state index >= 15 is 0 Å². The maximum atomic E-state index is 9.65. The largest absolute Gasteiger partial charge is 0.478 e. The van der Waals surface area contributed by atoms with Crippen LogP contribution in [-0.2, 0) is 0 Å². The number of hydrogen-bond acceptors (Lipinski definition) is 5. The lowest BCUT2D eigenvalue weighted by atomic mass is 9.99. The molecule has 2 N–H and O–H groups in total. The van der Waals surface area contributed by atoms with Gasteiger partial charge >= 0.3 is 0 Å². The molecule has 1 atom stereocenters. The molecule has 1 aromatic rings. The molecule has 0 aliphatic rings. The molecular weight excluding hydrogens is 218 g/mol. The van der Waals surface area contributed by atoms with Crippen molar-refractivity contribution < 1.29 is 9.84 Å². The van der Waals surface area contributed by atoms with Gasteiger partial charge in [0, 0.05) is 6.07 Å². The number of aromatic nitrogens is 2. The second kappa shape index (κ2) is 5.31. The Morgan fingerprint density at radius 2 is 2.12 bits per heavy atom. The van der Waals surface area contributed by atoms with Gasteiger partial charge in [-0.05, 0) is 34.6 Å². The molecule has 0 fully saturated rings. The molecule has 96 valence electrons. The Hall–Kier alpha value is -1.36. The monoisotopic (exact) mass is 239 g/mol. The van der Waals surface area contributed by atoms with Crippen molar-refractivity contribution in [2.24, 2.45) is 0 Å². The number of hydrogen-bond donors (Lipinski definition) is 2. The second-order valence-corrected chi connectivity index (χ2v) is 4.59. The predicted octanol–water partition coefficient (Wildman–Crippen LogP) is 1.76. The smallest absolute Gasteiger partial charge is 0.218 e. The minimum atomic E-state index is -0.492. The Labute approximate surface area is 102 Å². The maximum absolute atomic E-state index is 9.65. The van der Waals surface area contributed by atoms with Gasteiger partial charge in [0.05, 0.1) is 18.2 Å². The van der Waals surface area contributed by atoms with Crippen LogP contribution in [0.2, 0.25) is 0 Å². The summed E-state index contributed by atoms with van der Waals surface area (Å²) in [5.74, 6) is 1.84. The number of anilines is 1. The highest BCUT2D eigenvalue weighted by Gasteiger charge is 2.24. The number of rotatable bonds is 5. The third-order valence-electron chi connectivity index (χ3n) is 2.60. The number of aryl methyl sites for hydroxylation is 1. The molecule has 17 heavy (non-hydrogen) atoms. The van der Waals surface area contributed by atoms with Crippen molar-refractivity contribution in [2.75, 3.05) is 11.9 Å². The summed E-state index contributed by atoms with van der Waals surface area (Å²) in [6.07, 6.45) is -0.492. The van der Waals surface area contributed by atoms with Crippen LogP contribution in [0.3, 0.4) is 0 Å². The Balaban J connectivity index is 2.91. The Bertz CT molecular complexity index is 378. The normalized spacial score (nSPS) is 13.3. The number of nitrogens with zero attached hydrogens (tertiary/aromatic N) is 2. The minimum absolute atomic E-state index is 0.454. The van der Waals surface area contributed by atoms with Crippen molar-refractivity contribution in [2.45, 2.75) is 46.3 Å². The van der Waals surface area contributed by atoms with E-state index in [1.54, 1.807) is 13.0 Å². The zero-order valence-electron chi connectivity index (χ0n) is 11.1. The lowest BCUT2D eigenvalue weighted by molar-refractivity contribution is 0.133. The number of nitrogens with one attached hydrogen (secondary N) is 1. The first-order valence-electron chi connectivity index (χ1n) is 5.80. The van der Waals surface area contributed by atoms with Crippen molar-refractivity contribution in [3.8, 4) is 5.88 Å². The van der Waals surface area contributed by atoms with Crippen LogP contribution in [-0.4, -0.2) is 33.3 Å². The van der Waals surface area contributed by atoms with Crippen molar-refractivity contribution in [3.05, 3.63) is 11.9 Å². The van der Waals surface area contributed by atoms with Gasteiger partial charge in [0.2, 0.25) is 5.88 Å². The van der Waals surface area contributed by atoms with E-state index in [1.807, 2.05) is 27.7 Å². The summed E-state index contributed by atoms with van der Waals surface area (Å²) >= 11 is 0. The quantitative estimate of drug-likeness (QED) is 0.819. The van der Waals surface area contributed by atoms with Gasteiger partial charge in [-0.15, -0.1) is 0 Å². The molecule has 0 bridgehead atoms. The molecule has 1 aromatic heterocycles. The van der Waals surface area contributed by atoms with Gasteiger partial charge in [-0.3, -0.25) is 0 Å². The van der Waals surface area contributed by atoms with Gasteiger partial charge in [0.1, 0.15) is 11.6 Å². The minimum Gasteiger partial charge on any atom is -0.478 e. The summed E-state index contributed by atoms with van der Waals surface area (Å²) in [4.78, 5) is 8.43. The predicted molar refractivity (Wildman–Crippen MR) is 67.3 cm³/mol. The summed E-state index contributed by atoms with van der Waals surface area (Å²) in [5, 5.41) is 12.8. The first kappa shape index (κ1) is 13.7. The maximum Gasteiger partial charge on any atom is 0.218 e. The molecule has 0 aliphatic heterocycles. The fourth-order valence-corrected chi connectivity index (χ4v) is 1.26. The Morgan fingerprint density at radius 1 is 1.47 bits per heavy atom. The highest BCUT2D eigenvalue weighted by atomic mass is 16.5. The van der Waals surface area contributed by atoms with E-state index in [4.69, 9.17) is 4.74 Å². The first-order chi connectivity index (χ1) is 7.85. The van der Waals surface area contributed by atoms with Crippen LogP contribution in [0.25, 0.3) is 0 Å². The van der Waals surface area contributed by atoms with E-state index in [0.717, 1.165) is 0 Å². The fraction of sp³-hybridized carbons (Fsp3) is 0.667. The average Bonchev–Trinajstić information content (AvgIpc) is 2.15. The molecule has 0 amide bonds. The summed E-state index contributed by atoms with van der Waals surface area (Å²) < 4.78 is 5.35. The number of ether oxygens (including phenoxy) is 1. The molecule has 0 spiro atoms. The zero-order chi connectivity index (χ0) is 13.1. The van der Waals surface area contributed by atoms with Crippen LogP contribution in [0, 0.1) is 6.92 Å². The average molecular weight is 239 g/mol. The Kier molecular flexibility index (Phi) is 4.28. The molecule has 0 aromatic carbocycles. The molecule has 5 heteroatoms. The van der Waals surface area contributed by atoms with Crippen molar-refractivity contribution >= 4 is 5.82 Å². The highest BCUT2D eigenvalue weighted by molar-refractivity contribution is 5.41. The van der Waals surface area contributed by atoms with Crippen LogP contribution in [0.4, 0.5) is 5.82 Å². The third-order valence-corrected chi connectivity index (χ3v) is 2.60. The zero-order valence-corrected chi connectivity index (χ0v) is 11.1. The molecule has 1 rings (SSSR count). The van der Waals surface area contributed by atoms with Gasteiger partial charge in [-0.1, -0.05) is 0 Å². The lowest BCUT2D eigenvalue weighted by Crippen LogP contribution is -2.42. The van der Waals surface area contributed by atoms with E-state index in [0.29, 0.717) is 24.1 Å². The fourth-order valence-electron chi connectivity index (χ4n) is 1.26. The van der Waals surface area contributed by atoms with E-state index < -0.39 is 11.6 Å². The van der Waals surface area contributed by atoms with Gasteiger partial charge < -0.3 is 15.2 Å². The SMILES string of the molecule is CCOc1cc(NC(C)(C)C(C)O)nc(C)n1. The second-order valence-electron chi connectivity index (χ2n) is 4.59. The standard InChI is InChI=1S/C12H21N3O2/c1-6-17-11-7-10(13-9(3)14-11)15-12(4,5)8(2)16/h7-8,16H,6H2,1-5H3,(H,13,14,15). The molecule has 1 heterocycles. The van der Waals surface area contributed by atoms with Gasteiger partial charge in [-0.25, -0.2) is 4.98 Å². The van der Waals surface area contributed by atoms with Gasteiger partial charge in [0.25, 0.3) is 0 Å². The van der Waals surface area contributed by atoms with Crippen LogP contribution in [0.1, 0.15) is 33.5 Å². The topological polar surface area (TPSA) is 67.3 Å². The van der Waals surface area contributed by atoms with E-state index in [1.165, 1.54) is 0 Å². The molecule has 0 saturated heterocycles. The summed E-state index contributed by atoms with van der Waals surface area (Å²) in [6, 6.07) is 1.74. The van der Waals surface area contributed by atoms with E-state index in [9.17, 15) is 5.11 Å². The number of aliphatic hydroxyl groups is 1. The van der Waals surface area contributed by atoms with Gasteiger partial charge in [-0.2, -0.15) is 4.98 Å². The van der Waals surface area contributed by atoms with Crippen LogP contribution in [0.15, 0.2) is 6.07 Å². The highest BCUT2D eigenvalue weighted by Crippen LogP contribution is 2.19. The summed E-state index contributed by atoms with van der Waals surface area (Å²) in [5.41, 5.74) is -0.454. The van der Waals surface area contributed by atoms with Crippen molar-refractivity contribution in [3.63, 3.8) is 0 Å². The number of aliphatic hydroxyl groups excluding tert-OH is 1. The molecule has 0 radical (unpaired) electrons. The lowest BCUT2D eigenvalue weighted by Gasteiger charge is -2.30. The van der Waals surface area contributed by atoms with Crippen LogP contribution >= 0.6 is 0 Å². The van der Waals surface area contributed by atoms with E-state index in [2.05, 4.69) is 15.3 Å². The molecule has 1 unspecified atom stereocenters. The van der Waals surface area contributed by atoms with Gasteiger partial charge in [0.15, 0.2) is 0 Å². The molecule has 5 nitrogen and oxygen atoms in total. The first-order valence-corrected chi connectivity index (χ1v) is 5.80.